The highest BCUT2D eigenvalue weighted by Crippen LogP contribution is 2.34. The highest BCUT2D eigenvalue weighted by Gasteiger charge is 2.21. The minimum atomic E-state index is 0.583. The molecule has 1 aromatic rings. The van der Waals surface area contributed by atoms with Crippen LogP contribution in [0.25, 0.3) is 0 Å². The van der Waals surface area contributed by atoms with Crippen LogP contribution in [0.15, 0.2) is 5.16 Å². The Balaban J connectivity index is 1.94. The lowest BCUT2D eigenvalue weighted by atomic mass is 9.91. The standard InChI is InChI=1S/C10H19N5S/c1-8-3-2-4-9(7-8)16-10-12-13-14-15(10)6-5-11/h8-9H,2-7,11H2,1H3. The van der Waals surface area contributed by atoms with Gasteiger partial charge in [-0.25, -0.2) is 4.68 Å². The maximum Gasteiger partial charge on any atom is 0.209 e. The molecule has 6 heteroatoms. The molecule has 2 rings (SSSR count). The first kappa shape index (κ1) is 11.9. The third-order valence-corrected chi connectivity index (χ3v) is 4.27. The van der Waals surface area contributed by atoms with Crippen LogP contribution in [0.1, 0.15) is 32.6 Å². The van der Waals surface area contributed by atoms with E-state index in [0.29, 0.717) is 18.3 Å². The van der Waals surface area contributed by atoms with E-state index in [-0.39, 0.29) is 0 Å². The largest absolute Gasteiger partial charge is 0.329 e. The number of aromatic nitrogens is 4. The van der Waals surface area contributed by atoms with Gasteiger partial charge in [-0.05, 0) is 29.2 Å². The summed E-state index contributed by atoms with van der Waals surface area (Å²) in [7, 11) is 0. The lowest BCUT2D eigenvalue weighted by Gasteiger charge is -2.25. The fourth-order valence-corrected chi connectivity index (χ4v) is 3.52. The van der Waals surface area contributed by atoms with Crippen LogP contribution in [0, 0.1) is 5.92 Å². The first-order chi connectivity index (χ1) is 7.79. The van der Waals surface area contributed by atoms with Gasteiger partial charge in [-0.15, -0.1) is 5.10 Å². The van der Waals surface area contributed by atoms with Crippen molar-refractivity contribution in [1.82, 2.24) is 20.2 Å². The Kier molecular flexibility index (Phi) is 4.17. The van der Waals surface area contributed by atoms with Crippen molar-refractivity contribution < 1.29 is 0 Å². The van der Waals surface area contributed by atoms with Gasteiger partial charge in [-0.2, -0.15) is 0 Å². The van der Waals surface area contributed by atoms with Gasteiger partial charge in [-0.3, -0.25) is 0 Å². The van der Waals surface area contributed by atoms with Gasteiger partial charge in [0, 0.05) is 11.8 Å². The summed E-state index contributed by atoms with van der Waals surface area (Å²) in [5.41, 5.74) is 5.52. The molecule has 0 spiro atoms. The molecule has 90 valence electrons. The number of nitrogens with two attached hydrogens (primary N) is 1. The molecule has 2 atom stereocenters. The van der Waals surface area contributed by atoms with Gasteiger partial charge in [0.1, 0.15) is 0 Å². The molecule has 1 saturated carbocycles. The fourth-order valence-electron chi connectivity index (χ4n) is 2.18. The number of rotatable bonds is 4. The molecule has 0 amide bonds. The first-order valence-corrected chi connectivity index (χ1v) is 6.80. The molecule has 0 aliphatic heterocycles. The summed E-state index contributed by atoms with van der Waals surface area (Å²) in [5.74, 6) is 0.838. The van der Waals surface area contributed by atoms with Gasteiger partial charge >= 0.3 is 0 Å². The van der Waals surface area contributed by atoms with Crippen molar-refractivity contribution in [2.75, 3.05) is 6.54 Å². The van der Waals surface area contributed by atoms with Crippen LogP contribution < -0.4 is 5.73 Å². The van der Waals surface area contributed by atoms with Crippen molar-refractivity contribution in [3.05, 3.63) is 0 Å². The maximum atomic E-state index is 5.52. The van der Waals surface area contributed by atoms with Crippen molar-refractivity contribution in [1.29, 1.82) is 0 Å². The molecule has 2 unspecified atom stereocenters. The van der Waals surface area contributed by atoms with Crippen molar-refractivity contribution in [2.45, 2.75) is 49.6 Å². The molecule has 2 N–H and O–H groups in total. The Morgan fingerprint density at radius 3 is 3.12 bits per heavy atom. The molecule has 1 aromatic heterocycles. The molecule has 0 bridgehead atoms. The van der Waals surface area contributed by atoms with E-state index in [1.807, 2.05) is 16.4 Å². The summed E-state index contributed by atoms with van der Waals surface area (Å²) in [6.45, 7) is 3.62. The molecule has 16 heavy (non-hydrogen) atoms. The quantitative estimate of drug-likeness (QED) is 0.860. The van der Waals surface area contributed by atoms with E-state index in [1.54, 1.807) is 0 Å². The number of hydrogen-bond acceptors (Lipinski definition) is 5. The predicted octanol–water partition coefficient (Wildman–Crippen LogP) is 1.30. The van der Waals surface area contributed by atoms with Gasteiger partial charge in [0.25, 0.3) is 0 Å². The van der Waals surface area contributed by atoms with Crippen LogP contribution in [0.4, 0.5) is 0 Å². The zero-order chi connectivity index (χ0) is 11.4. The average molecular weight is 241 g/mol. The molecule has 0 saturated heterocycles. The molecular formula is C10H19N5S. The van der Waals surface area contributed by atoms with Crippen LogP contribution in [0.5, 0.6) is 0 Å². The third-order valence-electron chi connectivity index (χ3n) is 3.00. The van der Waals surface area contributed by atoms with Crippen LogP contribution in [0.3, 0.4) is 0 Å². The smallest absolute Gasteiger partial charge is 0.209 e. The van der Waals surface area contributed by atoms with Crippen LogP contribution in [-0.4, -0.2) is 32.0 Å². The lowest BCUT2D eigenvalue weighted by Crippen LogP contribution is -2.17. The molecular weight excluding hydrogens is 222 g/mol. The summed E-state index contributed by atoms with van der Waals surface area (Å²) in [6, 6.07) is 0. The Morgan fingerprint density at radius 2 is 2.38 bits per heavy atom. The zero-order valence-electron chi connectivity index (χ0n) is 9.67. The molecule has 1 aliphatic rings. The molecule has 1 heterocycles. The molecule has 0 radical (unpaired) electrons. The highest BCUT2D eigenvalue weighted by molar-refractivity contribution is 7.99. The number of hydrogen-bond donors (Lipinski definition) is 1. The van der Waals surface area contributed by atoms with Crippen LogP contribution in [-0.2, 0) is 6.54 Å². The van der Waals surface area contributed by atoms with Gasteiger partial charge < -0.3 is 5.73 Å². The minimum absolute atomic E-state index is 0.583. The molecule has 1 aliphatic carbocycles. The Morgan fingerprint density at radius 1 is 1.50 bits per heavy atom. The Hall–Kier alpha value is -0.620. The van der Waals surface area contributed by atoms with E-state index >= 15 is 0 Å². The number of thioether (sulfide) groups is 1. The summed E-state index contributed by atoms with van der Waals surface area (Å²) >= 11 is 1.81. The molecule has 5 nitrogen and oxygen atoms in total. The Labute approximate surface area is 100 Å². The summed E-state index contributed by atoms with van der Waals surface area (Å²) in [6.07, 6.45) is 5.26. The van der Waals surface area contributed by atoms with Crippen molar-refractivity contribution in [3.63, 3.8) is 0 Å². The van der Waals surface area contributed by atoms with E-state index in [9.17, 15) is 0 Å². The van der Waals surface area contributed by atoms with E-state index in [0.717, 1.165) is 11.1 Å². The van der Waals surface area contributed by atoms with Gasteiger partial charge in [0.15, 0.2) is 0 Å². The van der Waals surface area contributed by atoms with E-state index < -0.39 is 0 Å². The van der Waals surface area contributed by atoms with Crippen molar-refractivity contribution in [3.8, 4) is 0 Å². The summed E-state index contributed by atoms with van der Waals surface area (Å²) < 4.78 is 1.81. The van der Waals surface area contributed by atoms with E-state index in [1.165, 1.54) is 25.7 Å². The van der Waals surface area contributed by atoms with Gasteiger partial charge in [0.2, 0.25) is 5.16 Å². The maximum absolute atomic E-state index is 5.52. The summed E-state index contributed by atoms with van der Waals surface area (Å²) in [4.78, 5) is 0. The normalized spacial score (nSPS) is 25.9. The topological polar surface area (TPSA) is 69.6 Å². The molecule has 0 aromatic carbocycles. The van der Waals surface area contributed by atoms with Crippen molar-refractivity contribution in [2.24, 2.45) is 11.7 Å². The van der Waals surface area contributed by atoms with Crippen molar-refractivity contribution >= 4 is 11.8 Å². The summed E-state index contributed by atoms with van der Waals surface area (Å²) in [5, 5.41) is 13.3. The highest BCUT2D eigenvalue weighted by atomic mass is 32.2. The average Bonchev–Trinajstić information content (AvgIpc) is 2.66. The second-order valence-electron chi connectivity index (χ2n) is 4.48. The predicted molar refractivity (Wildman–Crippen MR) is 64.1 cm³/mol. The molecule has 1 fully saturated rings. The first-order valence-electron chi connectivity index (χ1n) is 5.92. The lowest BCUT2D eigenvalue weighted by molar-refractivity contribution is 0.393. The minimum Gasteiger partial charge on any atom is -0.329 e. The third kappa shape index (κ3) is 2.95. The van der Waals surface area contributed by atoms with E-state index in [2.05, 4.69) is 22.4 Å². The van der Waals surface area contributed by atoms with Crippen LogP contribution >= 0.6 is 11.8 Å². The number of nitrogens with zero attached hydrogens (tertiary/aromatic N) is 4. The van der Waals surface area contributed by atoms with Crippen LogP contribution in [0.2, 0.25) is 0 Å². The number of tetrazole rings is 1. The zero-order valence-corrected chi connectivity index (χ0v) is 10.5. The monoisotopic (exact) mass is 241 g/mol. The second kappa shape index (κ2) is 5.63. The Bertz CT molecular complexity index is 327. The van der Waals surface area contributed by atoms with Gasteiger partial charge in [-0.1, -0.05) is 31.5 Å². The second-order valence-corrected chi connectivity index (χ2v) is 5.75. The van der Waals surface area contributed by atoms with Gasteiger partial charge in [0.05, 0.1) is 6.54 Å². The van der Waals surface area contributed by atoms with E-state index in [4.69, 9.17) is 5.73 Å². The fraction of sp³-hybridized carbons (Fsp3) is 0.900. The SMILES string of the molecule is CC1CCCC(Sc2nnnn2CCN)C1.